The van der Waals surface area contributed by atoms with E-state index in [4.69, 9.17) is 11.6 Å². The number of anilines is 1. The minimum Gasteiger partial charge on any atom is -0.353 e. The molecule has 0 spiro atoms. The molecule has 6 rings (SSSR count). The zero-order valence-electron chi connectivity index (χ0n) is 17.6. The number of piperazine rings is 1. The third kappa shape index (κ3) is 3.51. The number of carbonyl (C=O) groups is 1. The summed E-state index contributed by atoms with van der Waals surface area (Å²) in [5, 5.41) is 15.3. The second kappa shape index (κ2) is 7.81. The fourth-order valence-electron chi connectivity index (χ4n) is 7.07. The first-order valence-corrected chi connectivity index (χ1v) is 12.1. The number of hydrogen-bond acceptors (Lipinski definition) is 6. The fraction of sp³-hybridized carbons (Fsp3) is 0.773. The molecule has 4 aliphatic heterocycles. The highest BCUT2D eigenvalue weighted by atomic mass is 35.5. The standard InChI is InChI=1S/C22H30ClFN6O/c23-18-3-4-19(28-27-18)30-11-13-8-14(30)10-29(13)9-12-6-16(24)20-17(7-12)26-22(31)15-2-1-5-25-21(15)20/h3-4,12-17,20-21,25H,1-2,5-11H2,(H,26,31)/t12?,13-,14-,15?,16?,17?,20?,21?/m0/s1. The Morgan fingerprint density at radius 2 is 2.06 bits per heavy atom. The van der Waals surface area contributed by atoms with Crippen LogP contribution in [0.2, 0.25) is 5.15 Å². The highest BCUT2D eigenvalue weighted by Gasteiger charge is 2.52. The molecule has 1 aliphatic carbocycles. The molecule has 1 saturated carbocycles. The van der Waals surface area contributed by atoms with Gasteiger partial charge in [-0.1, -0.05) is 11.6 Å². The monoisotopic (exact) mass is 448 g/mol. The largest absolute Gasteiger partial charge is 0.353 e. The zero-order chi connectivity index (χ0) is 21.1. The first-order valence-electron chi connectivity index (χ1n) is 11.7. The third-order valence-electron chi connectivity index (χ3n) is 8.37. The van der Waals surface area contributed by atoms with Gasteiger partial charge in [-0.2, -0.15) is 0 Å². The molecule has 0 radical (unpaired) electrons. The van der Waals surface area contributed by atoms with E-state index in [-0.39, 0.29) is 29.8 Å². The Bertz CT molecular complexity index is 842. The minimum atomic E-state index is -0.844. The number of halogens is 2. The van der Waals surface area contributed by atoms with Gasteiger partial charge in [0.2, 0.25) is 5.91 Å². The van der Waals surface area contributed by atoms with Gasteiger partial charge in [-0.3, -0.25) is 9.69 Å². The maximum absolute atomic E-state index is 15.4. The number of piperidine rings is 2. The maximum Gasteiger partial charge on any atom is 0.224 e. The van der Waals surface area contributed by atoms with Crippen LogP contribution in [0.5, 0.6) is 0 Å². The summed E-state index contributed by atoms with van der Waals surface area (Å²) in [7, 11) is 0. The molecule has 7 nitrogen and oxygen atoms in total. The van der Waals surface area contributed by atoms with E-state index in [1.54, 1.807) is 6.07 Å². The van der Waals surface area contributed by atoms with Gasteiger partial charge in [0.25, 0.3) is 0 Å². The molecule has 5 heterocycles. The SMILES string of the molecule is O=C1NC2CC(CN3C[C@@H]4C[C@H]3CN4c3ccc(Cl)nn3)CC(F)C2C2NCCCC12. The Hall–Kier alpha value is -1.51. The molecule has 6 unspecified atom stereocenters. The fourth-order valence-corrected chi connectivity index (χ4v) is 7.17. The molecular weight excluding hydrogens is 419 g/mol. The van der Waals surface area contributed by atoms with Gasteiger partial charge in [-0.05, 0) is 56.7 Å². The number of aromatic nitrogens is 2. The highest BCUT2D eigenvalue weighted by Crippen LogP contribution is 2.42. The van der Waals surface area contributed by atoms with Crippen LogP contribution >= 0.6 is 11.6 Å². The molecule has 5 aliphatic rings. The number of nitrogens with one attached hydrogen (secondary N) is 2. The van der Waals surface area contributed by atoms with Crippen LogP contribution in [0.15, 0.2) is 12.1 Å². The summed E-state index contributed by atoms with van der Waals surface area (Å²) in [6.07, 6.45) is 3.66. The van der Waals surface area contributed by atoms with E-state index < -0.39 is 6.17 Å². The highest BCUT2D eigenvalue weighted by molar-refractivity contribution is 6.29. The molecule has 9 heteroatoms. The number of hydrogen-bond donors (Lipinski definition) is 2. The average Bonchev–Trinajstić information content (AvgIpc) is 3.35. The number of nitrogens with zero attached hydrogens (tertiary/aromatic N) is 4. The van der Waals surface area contributed by atoms with E-state index in [1.807, 2.05) is 6.07 Å². The Morgan fingerprint density at radius 1 is 1.16 bits per heavy atom. The van der Waals surface area contributed by atoms with Gasteiger partial charge in [0, 0.05) is 49.7 Å². The van der Waals surface area contributed by atoms with Crippen LogP contribution in [0.3, 0.4) is 0 Å². The number of amides is 1. The number of alkyl halides is 1. The summed E-state index contributed by atoms with van der Waals surface area (Å²) < 4.78 is 15.4. The molecule has 2 N–H and O–H groups in total. The minimum absolute atomic E-state index is 0.0142. The van der Waals surface area contributed by atoms with E-state index in [2.05, 4.69) is 30.6 Å². The van der Waals surface area contributed by atoms with Gasteiger partial charge in [0.1, 0.15) is 6.17 Å². The summed E-state index contributed by atoms with van der Waals surface area (Å²) in [5.74, 6) is 1.18. The molecule has 168 valence electrons. The van der Waals surface area contributed by atoms with Gasteiger partial charge >= 0.3 is 0 Å². The Kier molecular flexibility index (Phi) is 5.07. The van der Waals surface area contributed by atoms with E-state index in [9.17, 15) is 4.79 Å². The molecule has 1 aromatic heterocycles. The van der Waals surface area contributed by atoms with Crippen molar-refractivity contribution >= 4 is 23.3 Å². The molecule has 4 saturated heterocycles. The molecule has 1 aromatic rings. The van der Waals surface area contributed by atoms with Crippen LogP contribution in [0, 0.1) is 17.8 Å². The molecule has 8 atom stereocenters. The normalized spacial score (nSPS) is 42.3. The Morgan fingerprint density at radius 3 is 2.84 bits per heavy atom. The van der Waals surface area contributed by atoms with Crippen LogP contribution in [0.25, 0.3) is 0 Å². The summed E-state index contributed by atoms with van der Waals surface area (Å²) in [6, 6.07) is 4.61. The second-order valence-corrected chi connectivity index (χ2v) is 10.5. The van der Waals surface area contributed by atoms with Crippen LogP contribution in [-0.4, -0.2) is 77.5 Å². The van der Waals surface area contributed by atoms with Crippen molar-refractivity contribution in [1.29, 1.82) is 0 Å². The molecule has 1 amide bonds. The van der Waals surface area contributed by atoms with E-state index >= 15 is 4.39 Å². The van der Waals surface area contributed by atoms with Crippen molar-refractivity contribution in [2.75, 3.05) is 31.1 Å². The predicted molar refractivity (Wildman–Crippen MR) is 116 cm³/mol. The molecule has 31 heavy (non-hydrogen) atoms. The summed E-state index contributed by atoms with van der Waals surface area (Å²) in [5.41, 5.74) is 0. The van der Waals surface area contributed by atoms with Crippen molar-refractivity contribution in [3.05, 3.63) is 17.3 Å². The van der Waals surface area contributed by atoms with Gasteiger partial charge in [0.15, 0.2) is 11.0 Å². The smallest absolute Gasteiger partial charge is 0.224 e. The lowest BCUT2D eigenvalue weighted by molar-refractivity contribution is -0.135. The van der Waals surface area contributed by atoms with Crippen molar-refractivity contribution in [2.24, 2.45) is 17.8 Å². The van der Waals surface area contributed by atoms with E-state index in [0.29, 0.717) is 29.6 Å². The third-order valence-corrected chi connectivity index (χ3v) is 8.57. The lowest BCUT2D eigenvalue weighted by atomic mass is 9.66. The molecule has 5 fully saturated rings. The van der Waals surface area contributed by atoms with Crippen LogP contribution in [0.4, 0.5) is 10.2 Å². The summed E-state index contributed by atoms with van der Waals surface area (Å²) in [4.78, 5) is 17.5. The van der Waals surface area contributed by atoms with Crippen LogP contribution in [0.1, 0.15) is 32.1 Å². The summed E-state index contributed by atoms with van der Waals surface area (Å²) >= 11 is 5.88. The molecule has 0 aromatic carbocycles. The Labute approximate surface area is 187 Å². The summed E-state index contributed by atoms with van der Waals surface area (Å²) in [6.45, 7) is 3.74. The number of carbonyl (C=O) groups excluding carboxylic acids is 1. The van der Waals surface area contributed by atoms with Crippen molar-refractivity contribution < 1.29 is 9.18 Å². The molecule has 2 bridgehead atoms. The van der Waals surface area contributed by atoms with Crippen molar-refractivity contribution in [1.82, 2.24) is 25.7 Å². The quantitative estimate of drug-likeness (QED) is 0.732. The Balaban J connectivity index is 1.09. The molecular formula is C22H30ClFN6O. The van der Waals surface area contributed by atoms with Gasteiger partial charge in [0.05, 0.1) is 5.92 Å². The van der Waals surface area contributed by atoms with Crippen molar-refractivity contribution in [3.8, 4) is 0 Å². The average molecular weight is 449 g/mol. The van der Waals surface area contributed by atoms with Gasteiger partial charge in [-0.25, -0.2) is 4.39 Å². The van der Waals surface area contributed by atoms with Crippen LogP contribution in [-0.2, 0) is 4.79 Å². The number of rotatable bonds is 3. The van der Waals surface area contributed by atoms with E-state index in [0.717, 1.165) is 57.7 Å². The first-order chi connectivity index (χ1) is 15.1. The lowest BCUT2D eigenvalue weighted by Gasteiger charge is -2.51. The van der Waals surface area contributed by atoms with E-state index in [1.165, 1.54) is 0 Å². The predicted octanol–water partition coefficient (Wildman–Crippen LogP) is 1.62. The topological polar surface area (TPSA) is 73.4 Å². The lowest BCUT2D eigenvalue weighted by Crippen LogP contribution is -2.67. The number of likely N-dealkylation sites (tertiary alicyclic amines) is 1. The van der Waals surface area contributed by atoms with Crippen LogP contribution < -0.4 is 15.5 Å². The van der Waals surface area contributed by atoms with Crippen molar-refractivity contribution in [3.63, 3.8) is 0 Å². The zero-order valence-corrected chi connectivity index (χ0v) is 18.3. The maximum atomic E-state index is 15.4. The van der Waals surface area contributed by atoms with Gasteiger partial charge in [-0.15, -0.1) is 10.2 Å². The second-order valence-electron chi connectivity index (χ2n) is 10.1. The van der Waals surface area contributed by atoms with Crippen molar-refractivity contribution in [2.45, 2.75) is 62.4 Å². The first kappa shape index (κ1) is 20.1. The van der Waals surface area contributed by atoms with Gasteiger partial charge < -0.3 is 15.5 Å². The number of fused-ring (bicyclic) bond motifs is 5.